The summed E-state index contributed by atoms with van der Waals surface area (Å²) in [5.41, 5.74) is 2.36. The van der Waals surface area contributed by atoms with E-state index in [1.165, 1.54) is 21.5 Å². The maximum atomic E-state index is 11.6. The summed E-state index contributed by atoms with van der Waals surface area (Å²) in [4.78, 5) is 3.28. The number of rotatable bonds is 4. The summed E-state index contributed by atoms with van der Waals surface area (Å²) in [6.45, 7) is 0.563. The number of benzene rings is 1. The zero-order valence-corrected chi connectivity index (χ0v) is 12.0. The Morgan fingerprint density at radius 2 is 2.00 bits per heavy atom. The van der Waals surface area contributed by atoms with Crippen LogP contribution < -0.4 is 0 Å². The summed E-state index contributed by atoms with van der Waals surface area (Å²) in [5, 5.41) is 1.21. The van der Waals surface area contributed by atoms with Crippen molar-refractivity contribution in [3.63, 3.8) is 0 Å². The van der Waals surface area contributed by atoms with Gasteiger partial charge in [-0.1, -0.05) is 18.2 Å². The number of nitrogens with zero attached hydrogens (tertiary/aromatic N) is 1. The molecule has 1 fully saturated rings. The number of H-pyrrole nitrogens is 1. The highest BCUT2D eigenvalue weighted by Crippen LogP contribution is 2.50. The van der Waals surface area contributed by atoms with Crippen LogP contribution in [0.1, 0.15) is 18.4 Å². The predicted molar refractivity (Wildman–Crippen MR) is 76.7 cm³/mol. The number of aromatic amines is 1. The van der Waals surface area contributed by atoms with Gasteiger partial charge in [-0.25, -0.2) is 12.7 Å². The fourth-order valence-corrected chi connectivity index (χ4v) is 3.20. The molecular weight excluding hydrogens is 260 g/mol. The van der Waals surface area contributed by atoms with Crippen molar-refractivity contribution in [3.05, 3.63) is 36.0 Å². The zero-order chi connectivity index (χ0) is 13.7. The molecule has 0 amide bonds. The normalized spacial score (nSPS) is 18.1. The summed E-state index contributed by atoms with van der Waals surface area (Å²) in [6, 6.07) is 8.18. The number of aromatic nitrogens is 1. The summed E-state index contributed by atoms with van der Waals surface area (Å²) >= 11 is 0. The van der Waals surface area contributed by atoms with E-state index in [0.717, 1.165) is 18.4 Å². The van der Waals surface area contributed by atoms with Crippen LogP contribution in [0.15, 0.2) is 30.5 Å². The summed E-state index contributed by atoms with van der Waals surface area (Å²) in [6.07, 6.45) is 5.40. The van der Waals surface area contributed by atoms with Gasteiger partial charge in [0.25, 0.3) is 0 Å². The van der Waals surface area contributed by atoms with Gasteiger partial charge in [0.1, 0.15) is 0 Å². The third kappa shape index (κ3) is 2.17. The lowest BCUT2D eigenvalue weighted by Gasteiger charge is -2.21. The molecule has 102 valence electrons. The molecule has 1 N–H and O–H groups in total. The number of sulfonamides is 1. The standard InChI is InChI=1S/C14H18N2O2S/c1-16(19(2,17)18)10-14(7-8-14)12-9-15-13-6-4-3-5-11(12)13/h3-6,9,15H,7-8,10H2,1-2H3. The second-order valence-corrected chi connectivity index (χ2v) is 7.64. The fraction of sp³-hybridized carbons (Fsp3) is 0.429. The first-order valence-corrected chi connectivity index (χ1v) is 8.25. The lowest BCUT2D eigenvalue weighted by molar-refractivity contribution is 0.432. The van der Waals surface area contributed by atoms with Crippen molar-refractivity contribution in [2.75, 3.05) is 19.8 Å². The van der Waals surface area contributed by atoms with E-state index in [-0.39, 0.29) is 5.41 Å². The molecule has 1 saturated carbocycles. The Balaban J connectivity index is 1.97. The summed E-state index contributed by atoms with van der Waals surface area (Å²) < 4.78 is 24.6. The Labute approximate surface area is 113 Å². The van der Waals surface area contributed by atoms with E-state index in [0.29, 0.717) is 6.54 Å². The molecule has 0 unspecified atom stereocenters. The van der Waals surface area contributed by atoms with Gasteiger partial charge in [0.05, 0.1) is 6.26 Å². The quantitative estimate of drug-likeness (QED) is 0.931. The Bertz CT molecular complexity index is 714. The van der Waals surface area contributed by atoms with Crippen LogP contribution in [-0.2, 0) is 15.4 Å². The van der Waals surface area contributed by atoms with Crippen LogP contribution in [0.4, 0.5) is 0 Å². The largest absolute Gasteiger partial charge is 0.361 e. The van der Waals surface area contributed by atoms with Gasteiger partial charge >= 0.3 is 0 Å². The lowest BCUT2D eigenvalue weighted by atomic mass is 9.95. The van der Waals surface area contributed by atoms with Crippen LogP contribution in [0, 0.1) is 0 Å². The third-order valence-corrected chi connectivity index (χ3v) is 5.37. The van der Waals surface area contributed by atoms with Crippen molar-refractivity contribution in [2.24, 2.45) is 0 Å². The molecule has 1 aromatic heterocycles. The first-order valence-electron chi connectivity index (χ1n) is 6.40. The SMILES string of the molecule is CN(CC1(c2c[nH]c3ccccc23)CC1)S(C)(=O)=O. The Morgan fingerprint density at radius 3 is 2.63 bits per heavy atom. The van der Waals surface area contributed by atoms with Crippen molar-refractivity contribution in [2.45, 2.75) is 18.3 Å². The molecule has 1 aliphatic rings. The van der Waals surface area contributed by atoms with Crippen molar-refractivity contribution in [1.29, 1.82) is 0 Å². The molecular formula is C14H18N2O2S. The van der Waals surface area contributed by atoms with Gasteiger partial charge in [-0.15, -0.1) is 0 Å². The maximum Gasteiger partial charge on any atom is 0.210 e. The first kappa shape index (κ1) is 12.7. The second-order valence-electron chi connectivity index (χ2n) is 5.55. The van der Waals surface area contributed by atoms with Crippen molar-refractivity contribution in [1.82, 2.24) is 9.29 Å². The number of hydrogen-bond acceptors (Lipinski definition) is 2. The molecule has 1 aromatic carbocycles. The van der Waals surface area contributed by atoms with Crippen LogP contribution >= 0.6 is 0 Å². The van der Waals surface area contributed by atoms with E-state index in [1.54, 1.807) is 7.05 Å². The van der Waals surface area contributed by atoms with Gasteiger partial charge in [-0.3, -0.25) is 0 Å². The highest BCUT2D eigenvalue weighted by molar-refractivity contribution is 7.88. The van der Waals surface area contributed by atoms with Crippen LogP contribution in [0.5, 0.6) is 0 Å². The maximum absolute atomic E-state index is 11.6. The Morgan fingerprint density at radius 1 is 1.32 bits per heavy atom. The molecule has 3 rings (SSSR count). The van der Waals surface area contributed by atoms with E-state index in [4.69, 9.17) is 0 Å². The average Bonchev–Trinajstić information content (AvgIpc) is 2.99. The molecule has 1 aliphatic carbocycles. The third-order valence-electron chi connectivity index (χ3n) is 4.11. The molecule has 4 nitrogen and oxygen atoms in total. The predicted octanol–water partition coefficient (Wildman–Crippen LogP) is 2.09. The molecule has 0 bridgehead atoms. The Kier molecular flexibility index (Phi) is 2.73. The molecule has 0 spiro atoms. The van der Waals surface area contributed by atoms with Crippen LogP contribution in [0.2, 0.25) is 0 Å². The van der Waals surface area contributed by atoms with Gasteiger partial charge in [0.15, 0.2) is 0 Å². The van der Waals surface area contributed by atoms with Gasteiger partial charge in [-0.2, -0.15) is 0 Å². The monoisotopic (exact) mass is 278 g/mol. The minimum absolute atomic E-state index is 0.00255. The van der Waals surface area contributed by atoms with Crippen molar-refractivity contribution < 1.29 is 8.42 Å². The number of nitrogens with one attached hydrogen (secondary N) is 1. The van der Waals surface area contributed by atoms with Crippen LogP contribution in [0.3, 0.4) is 0 Å². The molecule has 0 radical (unpaired) electrons. The molecule has 0 aliphatic heterocycles. The van der Waals surface area contributed by atoms with Crippen molar-refractivity contribution in [3.8, 4) is 0 Å². The van der Waals surface area contributed by atoms with E-state index >= 15 is 0 Å². The molecule has 0 saturated heterocycles. The number of likely N-dealkylation sites (N-methyl/N-ethyl adjacent to an activating group) is 1. The van der Waals surface area contributed by atoms with Crippen molar-refractivity contribution >= 4 is 20.9 Å². The molecule has 5 heteroatoms. The smallest absolute Gasteiger partial charge is 0.210 e. The van der Waals surface area contributed by atoms with E-state index in [9.17, 15) is 8.42 Å². The molecule has 2 aromatic rings. The lowest BCUT2D eigenvalue weighted by Crippen LogP contribution is -2.33. The molecule has 0 atom stereocenters. The number of fused-ring (bicyclic) bond motifs is 1. The van der Waals surface area contributed by atoms with E-state index in [1.807, 2.05) is 18.3 Å². The first-order chi connectivity index (χ1) is 8.92. The van der Waals surface area contributed by atoms with Gasteiger partial charge < -0.3 is 4.98 Å². The van der Waals surface area contributed by atoms with Gasteiger partial charge in [0, 0.05) is 36.1 Å². The van der Waals surface area contributed by atoms with Gasteiger partial charge in [0.2, 0.25) is 10.0 Å². The van der Waals surface area contributed by atoms with E-state index in [2.05, 4.69) is 17.1 Å². The fourth-order valence-electron chi connectivity index (χ4n) is 2.72. The average molecular weight is 278 g/mol. The zero-order valence-electron chi connectivity index (χ0n) is 11.2. The van der Waals surface area contributed by atoms with Gasteiger partial charge in [-0.05, 0) is 24.5 Å². The Hall–Kier alpha value is -1.33. The number of para-hydroxylation sites is 1. The van der Waals surface area contributed by atoms with Crippen LogP contribution in [0.25, 0.3) is 10.9 Å². The minimum atomic E-state index is -3.12. The minimum Gasteiger partial charge on any atom is -0.361 e. The van der Waals surface area contributed by atoms with Crippen LogP contribution in [-0.4, -0.2) is 37.6 Å². The highest BCUT2D eigenvalue weighted by atomic mass is 32.2. The highest BCUT2D eigenvalue weighted by Gasteiger charge is 2.47. The molecule has 19 heavy (non-hydrogen) atoms. The number of hydrogen-bond donors (Lipinski definition) is 1. The van der Waals surface area contributed by atoms with E-state index < -0.39 is 10.0 Å². The topological polar surface area (TPSA) is 53.2 Å². The molecule has 1 heterocycles. The summed E-state index contributed by atoms with van der Waals surface area (Å²) in [7, 11) is -1.46. The second kappa shape index (κ2) is 4.08. The summed E-state index contributed by atoms with van der Waals surface area (Å²) in [5.74, 6) is 0.